The van der Waals surface area contributed by atoms with Gasteiger partial charge in [0.2, 0.25) is 29.5 Å². The van der Waals surface area contributed by atoms with Gasteiger partial charge in [0.15, 0.2) is 6.04 Å². The van der Waals surface area contributed by atoms with Gasteiger partial charge >= 0.3 is 0 Å². The van der Waals surface area contributed by atoms with Crippen molar-refractivity contribution in [3.05, 3.63) is 87.9 Å². The molecular weight excluding hydrogens is 719 g/mol. The van der Waals surface area contributed by atoms with Crippen LogP contribution in [0, 0.1) is 5.92 Å². The maximum Gasteiger partial charge on any atom is 0.271 e. The molecule has 8 atom stereocenters. The normalized spacial score (nSPS) is 28.2. The minimum atomic E-state index is -0.961. The van der Waals surface area contributed by atoms with Crippen LogP contribution in [0.1, 0.15) is 85.5 Å². The lowest BCUT2D eigenvalue weighted by Gasteiger charge is -2.31. The Morgan fingerprint density at radius 1 is 0.800 bits per heavy atom. The van der Waals surface area contributed by atoms with Gasteiger partial charge in [-0.05, 0) is 49.7 Å². The van der Waals surface area contributed by atoms with Gasteiger partial charge in [0, 0.05) is 31.3 Å². The first kappa shape index (κ1) is 38.2. The van der Waals surface area contributed by atoms with Crippen LogP contribution in [-0.4, -0.2) is 99.6 Å². The van der Waals surface area contributed by atoms with E-state index in [0.29, 0.717) is 43.8 Å². The highest BCUT2D eigenvalue weighted by Crippen LogP contribution is 2.35. The second-order valence-electron chi connectivity index (χ2n) is 15.0. The van der Waals surface area contributed by atoms with Crippen molar-refractivity contribution < 1.29 is 28.7 Å². The highest BCUT2D eigenvalue weighted by molar-refractivity contribution is 7.09. The first-order valence-corrected chi connectivity index (χ1v) is 20.3. The Balaban J connectivity index is 1.27. The standard InChI is InChI=1S/C41H49N7O6S/c1-4-24(2)33-38-46-34(25(3)54-38)37(51)43-29(22-27-15-9-6-10-16-27)41(53)48-20-12-18-32(48)39-44-30(23-55-39)35(49)42-28(21-26-13-7-5-8-14-26)40(52)47-19-11-17-31(47)36(50)45-33/h5-10,13-16,23-25,28-29,31-34H,4,11-12,17-22H2,1-3H3,(H,42,49)(H,43,51)(H,45,50)/t24?,25-,28+,29+,31+,32+,33+,34-/m1/s1. The van der Waals surface area contributed by atoms with Crippen molar-refractivity contribution in [2.45, 2.75) is 108 Å². The summed E-state index contributed by atoms with van der Waals surface area (Å²) in [6.07, 6.45) is 2.98. The van der Waals surface area contributed by atoms with Gasteiger partial charge < -0.3 is 30.5 Å². The summed E-state index contributed by atoms with van der Waals surface area (Å²) in [4.78, 5) is 83.8. The van der Waals surface area contributed by atoms with Crippen molar-refractivity contribution in [3.63, 3.8) is 0 Å². The molecule has 0 aliphatic carbocycles. The second kappa shape index (κ2) is 16.7. The summed E-state index contributed by atoms with van der Waals surface area (Å²) >= 11 is 1.29. The van der Waals surface area contributed by atoms with Crippen LogP contribution in [0.15, 0.2) is 71.0 Å². The molecule has 3 N–H and O–H groups in total. The van der Waals surface area contributed by atoms with E-state index in [-0.39, 0.29) is 54.1 Å². The quantitative estimate of drug-likeness (QED) is 0.346. The Bertz CT molecular complexity index is 1920. The highest BCUT2D eigenvalue weighted by Gasteiger charge is 2.44. The predicted molar refractivity (Wildman–Crippen MR) is 207 cm³/mol. The summed E-state index contributed by atoms with van der Waals surface area (Å²) in [6, 6.07) is 14.4. The Labute approximate surface area is 325 Å². The number of aromatic nitrogens is 1. The number of carbonyl (C=O) groups is 5. The Hall–Kier alpha value is -5.11. The number of benzene rings is 2. The molecule has 290 valence electrons. The van der Waals surface area contributed by atoms with Crippen LogP contribution in [0.2, 0.25) is 0 Å². The smallest absolute Gasteiger partial charge is 0.271 e. The average molecular weight is 768 g/mol. The number of nitrogens with one attached hydrogen (secondary N) is 3. The summed E-state index contributed by atoms with van der Waals surface area (Å²) in [5.41, 5.74) is 1.90. The Kier molecular flexibility index (Phi) is 11.6. The highest BCUT2D eigenvalue weighted by atomic mass is 32.1. The van der Waals surface area contributed by atoms with E-state index < -0.39 is 48.1 Å². The largest absolute Gasteiger partial charge is 0.474 e. The molecule has 14 heteroatoms. The van der Waals surface area contributed by atoms with Crippen LogP contribution in [0.5, 0.6) is 0 Å². The number of aliphatic imine (C=N–C) groups is 1. The van der Waals surface area contributed by atoms with Gasteiger partial charge in [0.05, 0.1) is 6.04 Å². The molecule has 5 heterocycles. The summed E-state index contributed by atoms with van der Waals surface area (Å²) in [6.45, 7) is 6.57. The number of hydrogen-bond acceptors (Lipinski definition) is 9. The third-order valence-electron chi connectivity index (χ3n) is 11.3. The molecule has 4 bridgehead atoms. The molecule has 2 fully saturated rings. The summed E-state index contributed by atoms with van der Waals surface area (Å²) in [5.74, 6) is -1.78. The molecule has 1 unspecified atom stereocenters. The molecule has 0 radical (unpaired) electrons. The topological polar surface area (TPSA) is 162 Å². The van der Waals surface area contributed by atoms with Gasteiger partial charge in [-0.2, -0.15) is 0 Å². The molecule has 2 aromatic carbocycles. The zero-order valence-corrected chi connectivity index (χ0v) is 32.3. The van der Waals surface area contributed by atoms with Crippen LogP contribution in [0.25, 0.3) is 0 Å². The van der Waals surface area contributed by atoms with Crippen molar-refractivity contribution >= 4 is 46.8 Å². The molecule has 4 aliphatic heterocycles. The molecule has 7 rings (SSSR count). The van der Waals surface area contributed by atoms with Gasteiger partial charge in [-0.25, -0.2) is 9.98 Å². The Morgan fingerprint density at radius 3 is 2.00 bits per heavy atom. The van der Waals surface area contributed by atoms with Crippen LogP contribution in [0.4, 0.5) is 0 Å². The van der Waals surface area contributed by atoms with E-state index in [2.05, 4.69) is 16.0 Å². The third kappa shape index (κ3) is 8.29. The number of thiazole rings is 1. The summed E-state index contributed by atoms with van der Waals surface area (Å²) < 4.78 is 6.23. The number of ether oxygens (including phenoxy) is 1. The fourth-order valence-electron chi connectivity index (χ4n) is 8.01. The fourth-order valence-corrected chi connectivity index (χ4v) is 8.96. The van der Waals surface area contributed by atoms with Gasteiger partial charge in [-0.3, -0.25) is 24.0 Å². The first-order valence-electron chi connectivity index (χ1n) is 19.4. The number of hydrogen-bond donors (Lipinski definition) is 3. The van der Waals surface area contributed by atoms with Gasteiger partial charge in [0.1, 0.15) is 41.0 Å². The van der Waals surface area contributed by atoms with Crippen molar-refractivity contribution in [3.8, 4) is 0 Å². The van der Waals surface area contributed by atoms with Crippen molar-refractivity contribution in [2.24, 2.45) is 10.9 Å². The molecule has 1 aromatic heterocycles. The van der Waals surface area contributed by atoms with Crippen molar-refractivity contribution in [1.29, 1.82) is 0 Å². The predicted octanol–water partition coefficient (Wildman–Crippen LogP) is 3.60. The fraction of sp³-hybridized carbons (Fsp3) is 0.488. The van der Waals surface area contributed by atoms with Crippen LogP contribution in [0.3, 0.4) is 0 Å². The summed E-state index contributed by atoms with van der Waals surface area (Å²) in [7, 11) is 0. The van der Waals surface area contributed by atoms with Crippen LogP contribution in [-0.2, 0) is 36.8 Å². The lowest BCUT2D eigenvalue weighted by molar-refractivity contribution is -0.140. The minimum Gasteiger partial charge on any atom is -0.474 e. The van der Waals surface area contributed by atoms with Gasteiger partial charge in [-0.15, -0.1) is 11.3 Å². The lowest BCUT2D eigenvalue weighted by atomic mass is 9.98. The van der Waals surface area contributed by atoms with Gasteiger partial charge in [-0.1, -0.05) is 80.9 Å². The van der Waals surface area contributed by atoms with E-state index in [0.717, 1.165) is 17.5 Å². The second-order valence-corrected chi connectivity index (χ2v) is 15.9. The zero-order chi connectivity index (χ0) is 38.6. The number of nitrogens with zero attached hydrogens (tertiary/aromatic N) is 4. The molecule has 55 heavy (non-hydrogen) atoms. The molecule has 3 aromatic rings. The van der Waals surface area contributed by atoms with Crippen LogP contribution < -0.4 is 16.0 Å². The molecule has 2 saturated heterocycles. The number of carbonyl (C=O) groups excluding carboxylic acids is 5. The SMILES string of the molecule is CCC(C)[C@@H]1NC(=O)[C@@H]2CCCN2C(=O)[C@H](Cc2ccccc2)NC(=O)c2csc(n2)[C@@H]2CCCN2C(=O)[C@H](Cc2ccccc2)NC(=O)[C@@H]2N=C1O[C@@H]2C. The van der Waals surface area contributed by atoms with Crippen molar-refractivity contribution in [2.75, 3.05) is 13.1 Å². The van der Waals surface area contributed by atoms with E-state index in [1.165, 1.54) is 11.3 Å². The number of fused-ring (bicyclic) bond motifs is 6. The molecule has 4 aliphatic rings. The molecule has 13 nitrogen and oxygen atoms in total. The van der Waals surface area contributed by atoms with E-state index in [4.69, 9.17) is 14.7 Å². The van der Waals surface area contributed by atoms with E-state index in [1.54, 1.807) is 22.1 Å². The maximum absolute atomic E-state index is 14.5. The van der Waals surface area contributed by atoms with Crippen molar-refractivity contribution in [1.82, 2.24) is 30.7 Å². The number of amides is 5. The third-order valence-corrected chi connectivity index (χ3v) is 12.2. The molecule has 0 spiro atoms. The Morgan fingerprint density at radius 2 is 1.38 bits per heavy atom. The minimum absolute atomic E-state index is 0.115. The summed E-state index contributed by atoms with van der Waals surface area (Å²) in [5, 5.41) is 11.4. The lowest BCUT2D eigenvalue weighted by Crippen LogP contribution is -2.56. The molecule has 5 amide bonds. The monoisotopic (exact) mass is 767 g/mol. The van der Waals surface area contributed by atoms with E-state index in [9.17, 15) is 24.0 Å². The van der Waals surface area contributed by atoms with E-state index in [1.807, 2.05) is 74.5 Å². The number of rotatable bonds is 6. The zero-order valence-electron chi connectivity index (χ0n) is 31.5. The average Bonchev–Trinajstić information content (AvgIpc) is 4.03. The molecule has 0 saturated carbocycles. The molecular formula is C41H49N7O6S. The van der Waals surface area contributed by atoms with E-state index >= 15 is 0 Å². The first-order chi connectivity index (χ1) is 26.6. The van der Waals surface area contributed by atoms with Gasteiger partial charge in [0.25, 0.3) is 5.91 Å². The van der Waals surface area contributed by atoms with Crippen LogP contribution >= 0.6 is 11.3 Å². The maximum atomic E-state index is 14.5.